The molecule has 0 unspecified atom stereocenters. The summed E-state index contributed by atoms with van der Waals surface area (Å²) in [6.45, 7) is 1.95. The molecule has 4 N–H and O–H groups in total. The highest BCUT2D eigenvalue weighted by atomic mass is 15.1. The number of anilines is 2. The summed E-state index contributed by atoms with van der Waals surface area (Å²) in [5.74, 6) is 0. The van der Waals surface area contributed by atoms with Gasteiger partial charge in [0.2, 0.25) is 0 Å². The Balaban J connectivity index is 2.03. The van der Waals surface area contributed by atoms with E-state index in [0.29, 0.717) is 0 Å². The number of rotatable bonds is 2. The van der Waals surface area contributed by atoms with Crippen molar-refractivity contribution in [2.24, 2.45) is 10.2 Å². The van der Waals surface area contributed by atoms with Crippen LogP contribution < -0.4 is 11.5 Å². The molecule has 0 saturated heterocycles. The van der Waals surface area contributed by atoms with Crippen molar-refractivity contribution in [3.8, 4) is 0 Å². The first-order valence-electron chi connectivity index (χ1n) is 6.70. The van der Waals surface area contributed by atoms with Gasteiger partial charge in [0.15, 0.2) is 0 Å². The molecule has 0 spiro atoms. The van der Waals surface area contributed by atoms with Crippen molar-refractivity contribution in [1.82, 2.24) is 0 Å². The van der Waals surface area contributed by atoms with E-state index < -0.39 is 0 Å². The molecule has 0 aliphatic heterocycles. The standard InChI is InChI=1S/C17H16N4/c1-11-10-12(6-7-15(11)18)20-21-17-9-8-16(19)13-4-2-3-5-14(13)17/h2-10H,18-19H2,1H3. The summed E-state index contributed by atoms with van der Waals surface area (Å²) < 4.78 is 0. The predicted octanol–water partition coefficient (Wildman–Crippen LogP) is 4.73. The minimum Gasteiger partial charge on any atom is -0.399 e. The highest BCUT2D eigenvalue weighted by Crippen LogP contribution is 2.31. The first-order chi connectivity index (χ1) is 10.1. The number of hydrogen-bond acceptors (Lipinski definition) is 4. The van der Waals surface area contributed by atoms with E-state index in [9.17, 15) is 0 Å². The molecule has 0 atom stereocenters. The molecular weight excluding hydrogens is 260 g/mol. The molecule has 21 heavy (non-hydrogen) atoms. The molecule has 0 aliphatic carbocycles. The van der Waals surface area contributed by atoms with E-state index in [4.69, 9.17) is 11.5 Å². The zero-order chi connectivity index (χ0) is 14.8. The van der Waals surface area contributed by atoms with Gasteiger partial charge >= 0.3 is 0 Å². The number of nitrogens with zero attached hydrogens (tertiary/aromatic N) is 2. The fourth-order valence-electron chi connectivity index (χ4n) is 2.23. The molecule has 3 rings (SSSR count). The monoisotopic (exact) mass is 276 g/mol. The number of nitrogen functional groups attached to an aromatic ring is 2. The molecule has 0 radical (unpaired) electrons. The van der Waals surface area contributed by atoms with Crippen LogP contribution >= 0.6 is 0 Å². The number of fused-ring (bicyclic) bond motifs is 1. The predicted molar refractivity (Wildman–Crippen MR) is 88.1 cm³/mol. The lowest BCUT2D eigenvalue weighted by molar-refractivity contribution is 1.23. The van der Waals surface area contributed by atoms with Gasteiger partial charge in [-0.05, 0) is 42.8 Å². The Bertz CT molecular complexity index is 837. The molecule has 0 aliphatic rings. The molecule has 4 heteroatoms. The quantitative estimate of drug-likeness (QED) is 0.524. The van der Waals surface area contributed by atoms with Crippen LogP contribution in [0.4, 0.5) is 22.7 Å². The van der Waals surface area contributed by atoms with Crippen LogP contribution in [0, 0.1) is 6.92 Å². The van der Waals surface area contributed by atoms with Gasteiger partial charge in [0.1, 0.15) is 0 Å². The number of nitrogens with two attached hydrogens (primary N) is 2. The van der Waals surface area contributed by atoms with Gasteiger partial charge in [0.25, 0.3) is 0 Å². The van der Waals surface area contributed by atoms with Gasteiger partial charge in [-0.25, -0.2) is 0 Å². The second kappa shape index (κ2) is 5.25. The van der Waals surface area contributed by atoms with Crippen molar-refractivity contribution in [3.63, 3.8) is 0 Å². The van der Waals surface area contributed by atoms with Crippen LogP contribution in [0.15, 0.2) is 64.8 Å². The van der Waals surface area contributed by atoms with Crippen LogP contribution in [0.3, 0.4) is 0 Å². The number of azo groups is 1. The zero-order valence-corrected chi connectivity index (χ0v) is 11.7. The average Bonchev–Trinajstić information content (AvgIpc) is 2.50. The van der Waals surface area contributed by atoms with Gasteiger partial charge < -0.3 is 11.5 Å². The summed E-state index contributed by atoms with van der Waals surface area (Å²) in [6.07, 6.45) is 0. The minimum atomic E-state index is 0.743. The summed E-state index contributed by atoms with van der Waals surface area (Å²) in [7, 11) is 0. The van der Waals surface area contributed by atoms with Crippen LogP contribution in [0.2, 0.25) is 0 Å². The highest BCUT2D eigenvalue weighted by molar-refractivity contribution is 5.99. The zero-order valence-electron chi connectivity index (χ0n) is 11.7. The summed E-state index contributed by atoms with van der Waals surface area (Å²) in [4.78, 5) is 0. The molecule has 0 bridgehead atoms. The lowest BCUT2D eigenvalue weighted by atomic mass is 10.1. The molecule has 0 aromatic heterocycles. The Hall–Kier alpha value is -2.88. The van der Waals surface area contributed by atoms with Crippen molar-refractivity contribution in [1.29, 1.82) is 0 Å². The third-order valence-electron chi connectivity index (χ3n) is 3.46. The Morgan fingerprint density at radius 1 is 0.762 bits per heavy atom. The molecule has 104 valence electrons. The second-order valence-corrected chi connectivity index (χ2v) is 4.96. The molecule has 3 aromatic carbocycles. The molecule has 0 fully saturated rings. The minimum absolute atomic E-state index is 0.743. The van der Waals surface area contributed by atoms with Gasteiger partial charge in [-0.2, -0.15) is 5.11 Å². The van der Waals surface area contributed by atoms with Crippen molar-refractivity contribution in [2.75, 3.05) is 11.5 Å². The van der Waals surface area contributed by atoms with Crippen molar-refractivity contribution >= 4 is 33.5 Å². The van der Waals surface area contributed by atoms with Crippen LogP contribution in [0.25, 0.3) is 10.8 Å². The molecule has 0 heterocycles. The Labute approximate surface area is 123 Å². The summed E-state index contributed by atoms with van der Waals surface area (Å²) in [5.41, 5.74) is 15.9. The van der Waals surface area contributed by atoms with E-state index in [1.54, 1.807) is 0 Å². The maximum atomic E-state index is 5.98. The fraction of sp³-hybridized carbons (Fsp3) is 0.0588. The van der Waals surface area contributed by atoms with E-state index in [0.717, 1.165) is 39.1 Å². The molecule has 3 aromatic rings. The summed E-state index contributed by atoms with van der Waals surface area (Å²) >= 11 is 0. The average molecular weight is 276 g/mol. The molecule has 4 nitrogen and oxygen atoms in total. The van der Waals surface area contributed by atoms with Gasteiger partial charge in [0.05, 0.1) is 11.4 Å². The molecule has 0 amide bonds. The number of aryl methyl sites for hydroxylation is 1. The maximum Gasteiger partial charge on any atom is 0.0936 e. The second-order valence-electron chi connectivity index (χ2n) is 4.96. The van der Waals surface area contributed by atoms with Crippen LogP contribution in [-0.2, 0) is 0 Å². The number of benzene rings is 3. The van der Waals surface area contributed by atoms with Crippen molar-refractivity contribution in [2.45, 2.75) is 6.92 Å². The van der Waals surface area contributed by atoms with Gasteiger partial charge in [-0.3, -0.25) is 0 Å². The largest absolute Gasteiger partial charge is 0.399 e. The van der Waals surface area contributed by atoms with Crippen LogP contribution in [0.1, 0.15) is 5.56 Å². The Kier molecular flexibility index (Phi) is 3.28. The topological polar surface area (TPSA) is 76.8 Å². The first kappa shape index (κ1) is 13.1. The lowest BCUT2D eigenvalue weighted by Gasteiger charge is -2.04. The van der Waals surface area contributed by atoms with Gasteiger partial charge in [0, 0.05) is 22.1 Å². The summed E-state index contributed by atoms with van der Waals surface area (Å²) in [5, 5.41) is 10.6. The Morgan fingerprint density at radius 2 is 1.48 bits per heavy atom. The van der Waals surface area contributed by atoms with Crippen LogP contribution in [-0.4, -0.2) is 0 Å². The third kappa shape index (κ3) is 2.56. The smallest absolute Gasteiger partial charge is 0.0936 e. The van der Waals surface area contributed by atoms with Crippen LogP contribution in [0.5, 0.6) is 0 Å². The van der Waals surface area contributed by atoms with E-state index in [1.165, 1.54) is 0 Å². The van der Waals surface area contributed by atoms with Gasteiger partial charge in [-0.1, -0.05) is 24.3 Å². The fourth-order valence-corrected chi connectivity index (χ4v) is 2.23. The number of hydrogen-bond donors (Lipinski definition) is 2. The van der Waals surface area contributed by atoms with Gasteiger partial charge in [-0.15, -0.1) is 5.11 Å². The van der Waals surface area contributed by atoms with E-state index in [1.807, 2.05) is 61.5 Å². The lowest BCUT2D eigenvalue weighted by Crippen LogP contribution is -1.87. The third-order valence-corrected chi connectivity index (χ3v) is 3.46. The van der Waals surface area contributed by atoms with Crippen molar-refractivity contribution in [3.05, 3.63) is 60.2 Å². The van der Waals surface area contributed by atoms with E-state index >= 15 is 0 Å². The van der Waals surface area contributed by atoms with Crippen molar-refractivity contribution < 1.29 is 0 Å². The SMILES string of the molecule is Cc1cc(N=Nc2ccc(N)c3ccccc23)ccc1N. The highest BCUT2D eigenvalue weighted by Gasteiger charge is 2.03. The molecular formula is C17H16N4. The molecule has 0 saturated carbocycles. The first-order valence-corrected chi connectivity index (χ1v) is 6.70. The maximum absolute atomic E-state index is 5.98. The van der Waals surface area contributed by atoms with E-state index in [-0.39, 0.29) is 0 Å². The van der Waals surface area contributed by atoms with E-state index in [2.05, 4.69) is 10.2 Å². The summed E-state index contributed by atoms with van der Waals surface area (Å²) in [6, 6.07) is 17.2. The normalized spacial score (nSPS) is 11.3. The Morgan fingerprint density at radius 3 is 2.24 bits per heavy atom.